The van der Waals surface area contributed by atoms with Gasteiger partial charge in [-0.05, 0) is 43.2 Å². The topological polar surface area (TPSA) is 24.7 Å². The van der Waals surface area contributed by atoms with Crippen LogP contribution in [0.1, 0.15) is 64.7 Å². The molecule has 0 saturated carbocycles. The number of hydrogen-bond acceptors (Lipinski definition) is 2. The van der Waals surface area contributed by atoms with Gasteiger partial charge in [0, 0.05) is 0 Å². The van der Waals surface area contributed by atoms with Crippen LogP contribution in [0, 0.1) is 0 Å². The van der Waals surface area contributed by atoms with Gasteiger partial charge in [0.15, 0.2) is 0 Å². The monoisotopic (exact) mass is 374 g/mol. The molecule has 0 aliphatic carbocycles. The molecule has 2 aromatic carbocycles. The second-order valence-corrected chi connectivity index (χ2v) is 7.13. The van der Waals surface area contributed by atoms with Crippen LogP contribution in [-0.4, -0.2) is 11.9 Å². The lowest BCUT2D eigenvalue weighted by Gasteiger charge is -2.00. The Hall–Kier alpha value is -2.48. The largest absolute Gasteiger partial charge is 0.255 e. The first kappa shape index (κ1) is 21.8. The molecule has 2 aromatic rings. The molecule has 0 radical (unpaired) electrons. The molecule has 0 amide bonds. The fourth-order valence-corrected chi connectivity index (χ4v) is 3.02. The molecule has 0 unspecified atom stereocenters. The quantitative estimate of drug-likeness (QED) is 0.249. The van der Waals surface area contributed by atoms with Crippen LogP contribution in [0.15, 0.2) is 82.8 Å². The van der Waals surface area contributed by atoms with E-state index < -0.39 is 0 Å². The maximum Gasteiger partial charge on any atom is 0.0816 e. The van der Waals surface area contributed by atoms with E-state index in [-0.39, 0.29) is 0 Å². The van der Waals surface area contributed by atoms with E-state index in [1.807, 2.05) is 66.9 Å². The van der Waals surface area contributed by atoms with E-state index in [2.05, 4.69) is 24.1 Å². The summed E-state index contributed by atoms with van der Waals surface area (Å²) in [6.07, 6.45) is 18.1. The smallest absolute Gasteiger partial charge is 0.0816 e. The molecule has 28 heavy (non-hydrogen) atoms. The van der Waals surface area contributed by atoms with Crippen molar-refractivity contribution < 1.29 is 0 Å². The minimum absolute atomic E-state index is 0.884. The standard InChI is InChI=1S/C26H34N2/c1-2-3-4-5-6-7-8-9-10-13-22-26(28-25-20-16-12-17-21-25)23-27-24-18-14-11-15-19-24/h11-23H,2-10H2,1H3/b22-13+,27-23?,28-26?. The van der Waals surface area contributed by atoms with E-state index in [1.54, 1.807) is 0 Å². The Bertz CT molecular complexity index is 715. The maximum atomic E-state index is 4.73. The molecule has 148 valence electrons. The lowest BCUT2D eigenvalue weighted by atomic mass is 10.1. The molecular weight excluding hydrogens is 340 g/mol. The zero-order valence-corrected chi connectivity index (χ0v) is 17.3. The molecule has 2 nitrogen and oxygen atoms in total. The van der Waals surface area contributed by atoms with Gasteiger partial charge < -0.3 is 0 Å². The predicted octanol–water partition coefficient (Wildman–Crippen LogP) is 8.25. The van der Waals surface area contributed by atoms with E-state index >= 15 is 0 Å². The number of nitrogens with zero attached hydrogens (tertiary/aromatic N) is 2. The van der Waals surface area contributed by atoms with Gasteiger partial charge in [-0.25, -0.2) is 4.99 Å². The first-order valence-electron chi connectivity index (χ1n) is 10.8. The van der Waals surface area contributed by atoms with Gasteiger partial charge in [-0.1, -0.05) is 94.3 Å². The lowest BCUT2D eigenvalue weighted by Crippen LogP contribution is -1.94. The first-order chi connectivity index (χ1) is 13.9. The SMILES string of the molecule is CCCCCCCCCC/C=C/C(C=Nc1ccccc1)=Nc1ccccc1. The summed E-state index contributed by atoms with van der Waals surface area (Å²) in [6, 6.07) is 20.1. The Labute approximate surface area is 171 Å². The van der Waals surface area contributed by atoms with Gasteiger partial charge in [-0.2, -0.15) is 0 Å². The third-order valence-corrected chi connectivity index (χ3v) is 4.63. The fourth-order valence-electron chi connectivity index (χ4n) is 3.02. The van der Waals surface area contributed by atoms with E-state index in [0.29, 0.717) is 0 Å². The fraction of sp³-hybridized carbons (Fsp3) is 0.385. The summed E-state index contributed by atoms with van der Waals surface area (Å²) >= 11 is 0. The summed E-state index contributed by atoms with van der Waals surface area (Å²) in [5.41, 5.74) is 2.78. The summed E-state index contributed by atoms with van der Waals surface area (Å²) in [6.45, 7) is 2.27. The summed E-state index contributed by atoms with van der Waals surface area (Å²) in [5.74, 6) is 0. The van der Waals surface area contributed by atoms with E-state index in [9.17, 15) is 0 Å². The molecule has 0 aromatic heterocycles. The Balaban J connectivity index is 1.83. The maximum absolute atomic E-state index is 4.73. The molecule has 0 saturated heterocycles. The van der Waals surface area contributed by atoms with Crippen LogP contribution in [0.5, 0.6) is 0 Å². The van der Waals surface area contributed by atoms with Crippen molar-refractivity contribution in [1.29, 1.82) is 0 Å². The molecule has 0 bridgehead atoms. The van der Waals surface area contributed by atoms with E-state index in [1.165, 1.54) is 51.4 Å². The zero-order chi connectivity index (χ0) is 19.7. The highest BCUT2D eigenvalue weighted by molar-refractivity contribution is 6.36. The van der Waals surface area contributed by atoms with Crippen molar-refractivity contribution in [3.05, 3.63) is 72.8 Å². The highest BCUT2D eigenvalue weighted by atomic mass is 14.8. The Morgan fingerprint density at radius 3 is 1.93 bits per heavy atom. The van der Waals surface area contributed by atoms with E-state index in [0.717, 1.165) is 23.5 Å². The van der Waals surface area contributed by atoms with Crippen LogP contribution >= 0.6 is 0 Å². The summed E-state index contributed by atoms with van der Waals surface area (Å²) in [5, 5.41) is 0. The summed E-state index contributed by atoms with van der Waals surface area (Å²) in [4.78, 5) is 9.29. The Morgan fingerprint density at radius 1 is 0.714 bits per heavy atom. The third kappa shape index (κ3) is 10.0. The van der Waals surface area contributed by atoms with Crippen LogP contribution in [0.3, 0.4) is 0 Å². The van der Waals surface area contributed by atoms with Crippen molar-refractivity contribution in [2.45, 2.75) is 64.7 Å². The molecule has 0 N–H and O–H groups in total. The normalized spacial score (nSPS) is 12.2. The van der Waals surface area contributed by atoms with Crippen LogP contribution in [-0.2, 0) is 0 Å². The number of aliphatic imine (C=N–C) groups is 2. The number of allylic oxidation sites excluding steroid dienone is 2. The molecule has 0 aliphatic heterocycles. The molecular formula is C26H34N2. The summed E-state index contributed by atoms with van der Waals surface area (Å²) in [7, 11) is 0. The average Bonchev–Trinajstić information content (AvgIpc) is 2.74. The van der Waals surface area contributed by atoms with Gasteiger partial charge in [0.05, 0.1) is 23.3 Å². The van der Waals surface area contributed by atoms with Gasteiger partial charge >= 0.3 is 0 Å². The molecule has 2 heteroatoms. The second-order valence-electron chi connectivity index (χ2n) is 7.13. The van der Waals surface area contributed by atoms with E-state index in [4.69, 9.17) is 4.99 Å². The van der Waals surface area contributed by atoms with Gasteiger partial charge in [0.1, 0.15) is 0 Å². The van der Waals surface area contributed by atoms with Crippen molar-refractivity contribution in [3.8, 4) is 0 Å². The molecule has 0 aliphatic rings. The Morgan fingerprint density at radius 2 is 1.29 bits per heavy atom. The van der Waals surface area contributed by atoms with Crippen molar-refractivity contribution >= 4 is 23.3 Å². The highest BCUT2D eigenvalue weighted by Crippen LogP contribution is 2.13. The second kappa shape index (κ2) is 14.6. The number of benzene rings is 2. The molecule has 0 heterocycles. The third-order valence-electron chi connectivity index (χ3n) is 4.63. The van der Waals surface area contributed by atoms with Crippen molar-refractivity contribution in [2.75, 3.05) is 0 Å². The Kier molecular flexibility index (Phi) is 11.3. The van der Waals surface area contributed by atoms with Gasteiger partial charge in [0.25, 0.3) is 0 Å². The number of unbranched alkanes of at least 4 members (excludes halogenated alkanes) is 8. The minimum atomic E-state index is 0.884. The van der Waals surface area contributed by atoms with Gasteiger partial charge in [-0.3, -0.25) is 4.99 Å². The lowest BCUT2D eigenvalue weighted by molar-refractivity contribution is 0.577. The number of para-hydroxylation sites is 2. The average molecular weight is 375 g/mol. The predicted molar refractivity (Wildman–Crippen MR) is 124 cm³/mol. The minimum Gasteiger partial charge on any atom is -0.255 e. The van der Waals surface area contributed by atoms with Crippen LogP contribution < -0.4 is 0 Å². The molecule has 2 rings (SSSR count). The van der Waals surface area contributed by atoms with Crippen molar-refractivity contribution in [3.63, 3.8) is 0 Å². The highest BCUT2D eigenvalue weighted by Gasteiger charge is 1.94. The van der Waals surface area contributed by atoms with Crippen molar-refractivity contribution in [2.24, 2.45) is 9.98 Å². The first-order valence-corrected chi connectivity index (χ1v) is 10.8. The van der Waals surface area contributed by atoms with Crippen LogP contribution in [0.2, 0.25) is 0 Å². The number of hydrogen-bond donors (Lipinski definition) is 0. The van der Waals surface area contributed by atoms with Gasteiger partial charge in [0.2, 0.25) is 0 Å². The molecule has 0 fully saturated rings. The summed E-state index contributed by atoms with van der Waals surface area (Å²) < 4.78 is 0. The van der Waals surface area contributed by atoms with Crippen LogP contribution in [0.25, 0.3) is 0 Å². The number of rotatable bonds is 13. The van der Waals surface area contributed by atoms with Gasteiger partial charge in [-0.15, -0.1) is 0 Å². The van der Waals surface area contributed by atoms with Crippen molar-refractivity contribution in [1.82, 2.24) is 0 Å². The molecule has 0 atom stereocenters. The van der Waals surface area contributed by atoms with Crippen LogP contribution in [0.4, 0.5) is 11.4 Å². The molecule has 0 spiro atoms. The zero-order valence-electron chi connectivity index (χ0n) is 17.3.